The van der Waals surface area contributed by atoms with Gasteiger partial charge < -0.3 is 5.11 Å². The van der Waals surface area contributed by atoms with E-state index >= 15 is 0 Å². The summed E-state index contributed by atoms with van der Waals surface area (Å²) in [5.41, 5.74) is -1.05. The Morgan fingerprint density at radius 1 is 1.31 bits per heavy atom. The zero-order valence-electron chi connectivity index (χ0n) is 7.57. The summed E-state index contributed by atoms with van der Waals surface area (Å²) in [5.74, 6) is 0.0150. The molecule has 0 saturated heterocycles. The van der Waals surface area contributed by atoms with Crippen LogP contribution in [0.25, 0.3) is 0 Å². The number of aromatic amines is 2. The maximum atomic E-state index is 11.0. The Balaban J connectivity index is 2.86. The summed E-state index contributed by atoms with van der Waals surface area (Å²) in [5, 5.41) is 13.7. The molecule has 0 saturated carbocycles. The van der Waals surface area contributed by atoms with Gasteiger partial charge in [0.25, 0.3) is 0 Å². The van der Waals surface area contributed by atoms with Gasteiger partial charge in [0.15, 0.2) is 0 Å². The molecule has 1 heterocycles. The van der Waals surface area contributed by atoms with E-state index in [1.165, 1.54) is 0 Å². The first-order chi connectivity index (χ1) is 6.02. The first-order valence-electron chi connectivity index (χ1n) is 4.08. The number of H-pyrrole nitrogens is 2. The van der Waals surface area contributed by atoms with Crippen LogP contribution >= 0.6 is 0 Å². The van der Waals surface area contributed by atoms with Crippen molar-refractivity contribution < 1.29 is 5.11 Å². The monoisotopic (exact) mass is 187 g/mol. The zero-order valence-corrected chi connectivity index (χ0v) is 7.57. The summed E-state index contributed by atoms with van der Waals surface area (Å²) in [6.45, 7) is 3.66. The highest BCUT2D eigenvalue weighted by molar-refractivity contribution is 4.69. The number of nitrogens with zero attached hydrogens (tertiary/aromatic N) is 1. The molecule has 0 aliphatic rings. The number of aromatic nitrogens is 3. The van der Waals surface area contributed by atoms with Crippen LogP contribution in [-0.2, 0) is 6.54 Å². The molecule has 0 aliphatic heterocycles. The van der Waals surface area contributed by atoms with Crippen LogP contribution in [-0.4, -0.2) is 26.0 Å². The van der Waals surface area contributed by atoms with E-state index in [1.54, 1.807) is 0 Å². The number of hydrogen-bond acceptors (Lipinski definition) is 3. The Hall–Kier alpha value is -1.30. The van der Waals surface area contributed by atoms with Gasteiger partial charge in [-0.15, -0.1) is 0 Å². The summed E-state index contributed by atoms with van der Waals surface area (Å²) >= 11 is 0. The van der Waals surface area contributed by atoms with Crippen LogP contribution < -0.4 is 11.4 Å². The van der Waals surface area contributed by atoms with Crippen molar-refractivity contribution in [2.45, 2.75) is 26.5 Å². The highest BCUT2D eigenvalue weighted by Gasteiger charge is 2.12. The Labute approximate surface area is 74.2 Å². The fraction of sp³-hybridized carbons (Fsp3) is 0.714. The van der Waals surface area contributed by atoms with Crippen LogP contribution in [0, 0.1) is 5.92 Å². The van der Waals surface area contributed by atoms with Crippen molar-refractivity contribution in [1.29, 1.82) is 0 Å². The van der Waals surface area contributed by atoms with Gasteiger partial charge in [0.1, 0.15) is 0 Å². The number of hydrogen-bond donors (Lipinski definition) is 3. The third-order valence-corrected chi connectivity index (χ3v) is 1.91. The van der Waals surface area contributed by atoms with Crippen LogP contribution in [0.4, 0.5) is 0 Å². The summed E-state index contributed by atoms with van der Waals surface area (Å²) in [4.78, 5) is 21.9. The largest absolute Gasteiger partial charge is 0.391 e. The number of aliphatic hydroxyl groups excluding tert-OH is 1. The SMILES string of the molecule is CC(C)C(O)Cn1c(=O)[nH][nH]c1=O. The Morgan fingerprint density at radius 2 is 1.77 bits per heavy atom. The van der Waals surface area contributed by atoms with Crippen molar-refractivity contribution in [3.05, 3.63) is 21.0 Å². The van der Waals surface area contributed by atoms with Gasteiger partial charge >= 0.3 is 11.4 Å². The van der Waals surface area contributed by atoms with Crippen molar-refractivity contribution in [3.8, 4) is 0 Å². The zero-order chi connectivity index (χ0) is 10.0. The third-order valence-electron chi connectivity index (χ3n) is 1.91. The second-order valence-corrected chi connectivity index (χ2v) is 3.28. The molecule has 0 amide bonds. The van der Waals surface area contributed by atoms with Gasteiger partial charge in [-0.1, -0.05) is 13.8 Å². The number of aliphatic hydroxyl groups is 1. The van der Waals surface area contributed by atoms with E-state index in [4.69, 9.17) is 0 Å². The molecule has 6 heteroatoms. The fourth-order valence-corrected chi connectivity index (χ4v) is 0.898. The minimum absolute atomic E-state index is 0.0150. The summed E-state index contributed by atoms with van der Waals surface area (Å²) in [7, 11) is 0. The molecule has 74 valence electrons. The van der Waals surface area contributed by atoms with Crippen molar-refractivity contribution >= 4 is 0 Å². The Morgan fingerprint density at radius 3 is 2.15 bits per heavy atom. The molecule has 6 nitrogen and oxygen atoms in total. The van der Waals surface area contributed by atoms with Gasteiger partial charge in [0.05, 0.1) is 12.6 Å². The molecule has 0 bridgehead atoms. The summed E-state index contributed by atoms with van der Waals surface area (Å²) < 4.78 is 0.935. The van der Waals surface area contributed by atoms with Crippen molar-refractivity contribution in [1.82, 2.24) is 14.8 Å². The van der Waals surface area contributed by atoms with E-state index in [9.17, 15) is 14.7 Å². The minimum Gasteiger partial charge on any atom is -0.391 e. The van der Waals surface area contributed by atoms with Crippen LogP contribution in [0.3, 0.4) is 0 Å². The van der Waals surface area contributed by atoms with Gasteiger partial charge in [-0.3, -0.25) is 0 Å². The van der Waals surface area contributed by atoms with E-state index in [0.717, 1.165) is 4.57 Å². The molecule has 1 unspecified atom stereocenters. The van der Waals surface area contributed by atoms with E-state index in [0.29, 0.717) is 0 Å². The maximum absolute atomic E-state index is 11.0. The van der Waals surface area contributed by atoms with Gasteiger partial charge in [-0.25, -0.2) is 24.4 Å². The molecule has 0 aliphatic carbocycles. The van der Waals surface area contributed by atoms with Crippen molar-refractivity contribution in [2.24, 2.45) is 5.92 Å². The molecule has 1 aromatic heterocycles. The lowest BCUT2D eigenvalue weighted by Gasteiger charge is -2.12. The van der Waals surface area contributed by atoms with Gasteiger partial charge in [-0.05, 0) is 5.92 Å². The summed E-state index contributed by atoms with van der Waals surface area (Å²) in [6, 6.07) is 0. The normalized spacial score (nSPS) is 13.5. The average molecular weight is 187 g/mol. The maximum Gasteiger partial charge on any atom is 0.344 e. The molecule has 0 spiro atoms. The highest BCUT2D eigenvalue weighted by Crippen LogP contribution is 2.00. The Kier molecular flexibility index (Phi) is 2.72. The van der Waals surface area contributed by atoms with Crippen molar-refractivity contribution in [2.75, 3.05) is 0 Å². The molecule has 1 aromatic rings. The Bertz CT molecular complexity index is 345. The molecule has 13 heavy (non-hydrogen) atoms. The molecule has 0 aromatic carbocycles. The predicted molar refractivity (Wildman–Crippen MR) is 46.5 cm³/mol. The van der Waals surface area contributed by atoms with Gasteiger partial charge in [0, 0.05) is 0 Å². The van der Waals surface area contributed by atoms with E-state index < -0.39 is 17.5 Å². The number of rotatable bonds is 3. The highest BCUT2D eigenvalue weighted by atomic mass is 16.3. The first kappa shape index (κ1) is 9.79. The topological polar surface area (TPSA) is 90.9 Å². The first-order valence-corrected chi connectivity index (χ1v) is 4.08. The van der Waals surface area contributed by atoms with Crippen molar-refractivity contribution in [3.63, 3.8) is 0 Å². The standard InChI is InChI=1S/C7H13N3O3/c1-4(2)5(11)3-10-6(12)8-9-7(10)13/h4-5,11H,3H2,1-2H3,(H,8,12)(H,9,13). The molecular formula is C7H13N3O3. The third kappa shape index (κ3) is 2.09. The van der Waals surface area contributed by atoms with E-state index in [2.05, 4.69) is 10.2 Å². The quantitative estimate of drug-likeness (QED) is 0.560. The molecule has 1 atom stereocenters. The average Bonchev–Trinajstić information content (AvgIpc) is 2.35. The second-order valence-electron chi connectivity index (χ2n) is 3.28. The lowest BCUT2D eigenvalue weighted by Crippen LogP contribution is -2.34. The molecule has 3 N–H and O–H groups in total. The van der Waals surface area contributed by atoms with Crippen LogP contribution in [0.15, 0.2) is 9.59 Å². The predicted octanol–water partition coefficient (Wildman–Crippen LogP) is -1.12. The van der Waals surface area contributed by atoms with Crippen LogP contribution in [0.5, 0.6) is 0 Å². The number of nitrogens with one attached hydrogen (secondary N) is 2. The summed E-state index contributed by atoms with van der Waals surface area (Å²) in [6.07, 6.45) is -0.686. The molecule has 1 rings (SSSR count). The van der Waals surface area contributed by atoms with E-state index in [-0.39, 0.29) is 12.5 Å². The molecule has 0 radical (unpaired) electrons. The van der Waals surface area contributed by atoms with E-state index in [1.807, 2.05) is 13.8 Å². The fourth-order valence-electron chi connectivity index (χ4n) is 0.898. The molecular weight excluding hydrogens is 174 g/mol. The van der Waals surface area contributed by atoms with Gasteiger partial charge in [0.2, 0.25) is 0 Å². The van der Waals surface area contributed by atoms with Crippen LogP contribution in [0.1, 0.15) is 13.8 Å². The second kappa shape index (κ2) is 3.61. The lowest BCUT2D eigenvalue weighted by atomic mass is 10.1. The minimum atomic E-state index is -0.686. The van der Waals surface area contributed by atoms with Crippen LogP contribution in [0.2, 0.25) is 0 Å². The smallest absolute Gasteiger partial charge is 0.344 e. The van der Waals surface area contributed by atoms with Gasteiger partial charge in [-0.2, -0.15) is 0 Å². The molecule has 0 fully saturated rings. The lowest BCUT2D eigenvalue weighted by molar-refractivity contribution is 0.105.